The molecule has 0 atom stereocenters. The van der Waals surface area contributed by atoms with Crippen LogP contribution in [0, 0.1) is 6.65 Å². The van der Waals surface area contributed by atoms with Crippen LogP contribution >= 0.6 is 23.8 Å². The third-order valence-electron chi connectivity index (χ3n) is 9.56. The second kappa shape index (κ2) is 26.0. The summed E-state index contributed by atoms with van der Waals surface area (Å²) in [5.74, 6) is 0. The first-order valence-corrected chi connectivity index (χ1v) is 24.2. The smallest absolute Gasteiger partial charge is 0.102 e. The van der Waals surface area contributed by atoms with Crippen molar-refractivity contribution >= 4 is 71.5 Å². The summed E-state index contributed by atoms with van der Waals surface area (Å²) in [5.41, 5.74) is 0. The Bertz CT molecular complexity index is 1920. The molecule has 0 unspecified atom stereocenters. The molecule has 0 aliphatic rings. The Hall–Kier alpha value is -5.34. The summed E-state index contributed by atoms with van der Waals surface area (Å²) >= 11 is 0. The van der Waals surface area contributed by atoms with Crippen LogP contribution in [0.1, 0.15) is 1.43 Å². The molecule has 60 heavy (non-hydrogen) atoms. The number of benzene rings is 9. The zero-order valence-electron chi connectivity index (χ0n) is 33.2. The van der Waals surface area contributed by atoms with E-state index in [-0.39, 0.29) is 21.5 Å². The van der Waals surface area contributed by atoms with E-state index in [9.17, 15) is 0 Å². The minimum absolute atomic E-state index is 0. The monoisotopic (exact) mass is 1010 g/mol. The summed E-state index contributed by atoms with van der Waals surface area (Å²) in [4.78, 5) is 0. The molecule has 0 saturated carbocycles. The van der Waals surface area contributed by atoms with Gasteiger partial charge in [0.25, 0.3) is 0 Å². The summed E-state index contributed by atoms with van der Waals surface area (Å²) in [6.07, 6.45) is 0. The molecule has 9 aromatic carbocycles. The average molecular weight is 1010 g/mol. The second-order valence-corrected chi connectivity index (χ2v) is 20.9. The number of hydrogen-bond acceptors (Lipinski definition) is 0. The summed E-state index contributed by atoms with van der Waals surface area (Å²) in [6, 6.07) is 97.5. The van der Waals surface area contributed by atoms with Crippen LogP contribution in [0.2, 0.25) is 0 Å². The van der Waals surface area contributed by atoms with Gasteiger partial charge in [-0.15, -0.1) is 0 Å². The molecule has 1 nitrogen and oxygen atoms in total. The van der Waals surface area contributed by atoms with Crippen LogP contribution in [0.15, 0.2) is 273 Å². The zero-order valence-corrected chi connectivity index (χ0v) is 38.6. The van der Waals surface area contributed by atoms with E-state index in [0.717, 1.165) is 0 Å². The van der Waals surface area contributed by atoms with Crippen molar-refractivity contribution in [2.75, 3.05) is 0 Å². The van der Waals surface area contributed by atoms with Gasteiger partial charge in [0.05, 0.1) is 23.8 Å². The van der Waals surface area contributed by atoms with E-state index in [2.05, 4.69) is 280 Å². The Morgan fingerprint density at radius 3 is 0.367 bits per heavy atom. The van der Waals surface area contributed by atoms with Gasteiger partial charge in [0.2, 0.25) is 0 Å². The molecule has 5 heteroatoms. The van der Waals surface area contributed by atoms with E-state index in [1.807, 2.05) is 0 Å². The van der Waals surface area contributed by atoms with Crippen molar-refractivity contribution < 1.29 is 26.2 Å². The van der Waals surface area contributed by atoms with E-state index >= 15 is 0 Å². The van der Waals surface area contributed by atoms with Crippen LogP contribution in [0.4, 0.5) is 0 Å². The fraction of sp³-hybridized carbons (Fsp3) is 0. The van der Waals surface area contributed by atoms with E-state index in [1.54, 1.807) is 0 Å². The van der Waals surface area contributed by atoms with Gasteiger partial charge in [-0.2, -0.15) is 0 Å². The van der Waals surface area contributed by atoms with E-state index in [4.69, 9.17) is 4.65 Å². The number of rotatable bonds is 9. The minimum Gasteiger partial charge on any atom is -3.00 e. The molecule has 0 fully saturated rings. The van der Waals surface area contributed by atoms with Crippen LogP contribution < -0.4 is 47.7 Å². The van der Waals surface area contributed by atoms with Crippen molar-refractivity contribution in [3.63, 3.8) is 0 Å². The van der Waals surface area contributed by atoms with Gasteiger partial charge in [-0.05, 0) is 109 Å². The van der Waals surface area contributed by atoms with E-state index in [1.165, 1.54) is 47.7 Å². The van der Waals surface area contributed by atoms with Crippen molar-refractivity contribution in [2.45, 2.75) is 0 Å². The minimum atomic E-state index is -0.877. The van der Waals surface area contributed by atoms with Gasteiger partial charge in [-0.25, -0.2) is 0 Å². The maximum atomic E-state index is 7.50. The van der Waals surface area contributed by atoms with Crippen LogP contribution in [0.5, 0.6) is 0 Å². The van der Waals surface area contributed by atoms with Gasteiger partial charge in [0.15, 0.2) is 0 Å². The Labute approximate surface area is 375 Å². The number of hydrogen-bond donors (Lipinski definition) is 0. The van der Waals surface area contributed by atoms with Gasteiger partial charge in [-0.1, -0.05) is 164 Å². The maximum absolute atomic E-state index is 7.50. The van der Waals surface area contributed by atoms with Crippen LogP contribution in [-0.4, -0.2) is 0 Å². The Balaban J connectivity index is 0.000000194. The van der Waals surface area contributed by atoms with Crippen molar-refractivity contribution in [3.8, 4) is 0 Å². The van der Waals surface area contributed by atoms with E-state index in [0.29, 0.717) is 0 Å². The quantitative estimate of drug-likeness (QED) is 0.0781. The Morgan fingerprint density at radius 1 is 0.200 bits per heavy atom. The van der Waals surface area contributed by atoms with Gasteiger partial charge < -0.3 is 20.1 Å². The maximum Gasteiger partial charge on any atom is 0.102 e. The molecule has 0 aromatic heterocycles. The third kappa shape index (κ3) is 13.3. The summed E-state index contributed by atoms with van der Waals surface area (Å²) in [6.45, 7) is 4.50. The van der Waals surface area contributed by atoms with Gasteiger partial charge in [0, 0.05) is 1.43 Å². The van der Waals surface area contributed by atoms with Crippen LogP contribution in [-0.2, 0) is 24.8 Å². The van der Waals surface area contributed by atoms with Crippen molar-refractivity contribution in [1.82, 2.24) is 0 Å². The molecule has 0 amide bonds. The predicted octanol–water partition coefficient (Wildman–Crippen LogP) is 9.74. The third-order valence-corrected chi connectivity index (χ3v) is 17.8. The molecule has 0 radical (unpaired) electrons. The zero-order chi connectivity index (χ0) is 40.7. The Kier molecular flexibility index (Phi) is 19.8. The molecule has 0 aliphatic carbocycles. The van der Waals surface area contributed by atoms with Crippen LogP contribution in [0.3, 0.4) is 0 Å². The largest absolute Gasteiger partial charge is 3.00 e. The van der Waals surface area contributed by atoms with Crippen molar-refractivity contribution in [3.05, 3.63) is 280 Å². The average Bonchev–Trinajstić information content (AvgIpc) is 3.34. The molecule has 0 saturated heterocycles. The van der Waals surface area contributed by atoms with E-state index < -0.39 is 23.8 Å². The molecular formula is C55H50IrOP3. The molecule has 9 rings (SSSR count). The van der Waals surface area contributed by atoms with Crippen molar-refractivity contribution in [2.24, 2.45) is 0 Å². The SMILES string of the molecule is [C-]#[O+].[HH].[Ir-3].c1ccc([PH+](c2ccccc2)c2ccccc2)cc1.c1ccc([PH+](c2ccccc2)c2ccccc2)cc1.c1ccc([PH+](c2ccccc2)c2ccccc2)cc1. The molecular weight excluding hydrogens is 962 g/mol. The Morgan fingerprint density at radius 2 is 0.283 bits per heavy atom. The summed E-state index contributed by atoms with van der Waals surface area (Å²) in [5, 5.41) is 12.9. The van der Waals surface area contributed by atoms with Gasteiger partial charge >= 0.3 is 11.3 Å². The fourth-order valence-corrected chi connectivity index (χ4v) is 14.7. The predicted molar refractivity (Wildman–Crippen MR) is 266 cm³/mol. The summed E-state index contributed by atoms with van der Waals surface area (Å²) in [7, 11) is -2.63. The van der Waals surface area contributed by atoms with Crippen molar-refractivity contribution in [1.29, 1.82) is 0 Å². The molecule has 9 aromatic rings. The fourth-order valence-electron chi connectivity index (χ4n) is 6.94. The molecule has 0 N–H and O–H groups in total. The first-order chi connectivity index (χ1) is 29.3. The van der Waals surface area contributed by atoms with Gasteiger partial charge in [-0.3, -0.25) is 0 Å². The van der Waals surface area contributed by atoms with Crippen LogP contribution in [0.25, 0.3) is 0 Å². The summed E-state index contributed by atoms with van der Waals surface area (Å²) < 4.78 is 7.50. The molecule has 0 aliphatic heterocycles. The van der Waals surface area contributed by atoms with Gasteiger partial charge in [0.1, 0.15) is 47.7 Å². The molecule has 300 valence electrons. The molecule has 0 bridgehead atoms. The second-order valence-electron chi connectivity index (χ2n) is 13.4. The first kappa shape index (κ1) is 45.7. The molecule has 0 heterocycles. The topological polar surface area (TPSA) is 19.9 Å². The normalized spacial score (nSPS) is 10.1. The molecule has 0 spiro atoms. The first-order valence-electron chi connectivity index (χ1n) is 19.7. The standard InChI is InChI=1S/3C18H15P.CO.Ir.H2/c3*1-4-10-16(11-5-1)19(17-12-6-2-7-13-17)18-14-8-3-9-15-18;1-2;;/h3*1-15H;;;1H/q;;;;-3;/p+3.